The van der Waals surface area contributed by atoms with E-state index in [1.165, 1.54) is 109 Å². The molecule has 3 unspecified atom stereocenters. The summed E-state index contributed by atoms with van der Waals surface area (Å²) in [5.74, 6) is -0.628. The van der Waals surface area contributed by atoms with Crippen LogP contribution in [-0.4, -0.2) is 46.9 Å². The van der Waals surface area contributed by atoms with Gasteiger partial charge in [-0.15, -0.1) is 0 Å². The van der Waals surface area contributed by atoms with Gasteiger partial charge in [0.25, 0.3) is 0 Å². The summed E-state index contributed by atoms with van der Waals surface area (Å²) in [7, 11) is 0. The number of carbonyl (C=O) groups is 2. The molecule has 0 saturated heterocycles. The van der Waals surface area contributed by atoms with Gasteiger partial charge < -0.3 is 20.3 Å². The minimum absolute atomic E-state index is 0.0193. The first kappa shape index (κ1) is 60.8. The number of esters is 1. The molecule has 6 nitrogen and oxygen atoms in total. The van der Waals surface area contributed by atoms with Crippen molar-refractivity contribution in [2.75, 3.05) is 6.61 Å². The Morgan fingerprint density at radius 3 is 1.48 bits per heavy atom. The number of allylic oxidation sites excluding steroid dienone is 15. The lowest BCUT2D eigenvalue weighted by Crippen LogP contribution is -2.46. The number of aliphatic hydroxyl groups is 2. The second kappa shape index (κ2) is 50.8. The quantitative estimate of drug-likeness (QED) is 0.0245. The third kappa shape index (κ3) is 45.4. The number of carbonyl (C=O) groups excluding carboxylic acids is 2. The van der Waals surface area contributed by atoms with Crippen molar-refractivity contribution < 1.29 is 24.5 Å². The largest absolute Gasteiger partial charge is 0.461 e. The maximum Gasteiger partial charge on any atom is 0.306 e. The Hall–Kier alpha value is -3.22. The van der Waals surface area contributed by atoms with Crippen molar-refractivity contribution in [2.45, 2.75) is 251 Å². The van der Waals surface area contributed by atoms with Crippen LogP contribution < -0.4 is 5.32 Å². The molecule has 0 aliphatic carbocycles. The van der Waals surface area contributed by atoms with E-state index in [-0.39, 0.29) is 24.9 Å². The molecule has 0 aromatic carbocycles. The van der Waals surface area contributed by atoms with E-state index in [2.05, 4.69) is 80.8 Å². The van der Waals surface area contributed by atoms with Crippen molar-refractivity contribution in [1.29, 1.82) is 0 Å². The summed E-state index contributed by atoms with van der Waals surface area (Å²) >= 11 is 0. The molecule has 0 heterocycles. The lowest BCUT2D eigenvalue weighted by molar-refractivity contribution is -0.150. The summed E-state index contributed by atoms with van der Waals surface area (Å²) < 4.78 is 5.85. The molecular formula is C58H99NO5. The fourth-order valence-corrected chi connectivity index (χ4v) is 7.48. The highest BCUT2D eigenvalue weighted by molar-refractivity contribution is 5.77. The molecular weight excluding hydrogens is 791 g/mol. The van der Waals surface area contributed by atoms with Gasteiger partial charge in [0.05, 0.1) is 25.2 Å². The van der Waals surface area contributed by atoms with Crippen LogP contribution in [0.3, 0.4) is 0 Å². The highest BCUT2D eigenvalue weighted by atomic mass is 16.5. The zero-order valence-electron chi connectivity index (χ0n) is 41.6. The lowest BCUT2D eigenvalue weighted by atomic mass is 10.0. The monoisotopic (exact) mass is 890 g/mol. The Bertz CT molecular complexity index is 1270. The molecule has 0 saturated carbocycles. The van der Waals surface area contributed by atoms with Crippen LogP contribution in [0.15, 0.2) is 97.2 Å². The van der Waals surface area contributed by atoms with Gasteiger partial charge in [0.2, 0.25) is 5.91 Å². The van der Waals surface area contributed by atoms with Gasteiger partial charge in [0.15, 0.2) is 0 Å². The highest BCUT2D eigenvalue weighted by Gasteiger charge is 2.23. The first-order valence-corrected chi connectivity index (χ1v) is 26.5. The first-order valence-electron chi connectivity index (χ1n) is 26.5. The third-order valence-corrected chi connectivity index (χ3v) is 11.5. The number of nitrogens with one attached hydrogen (secondary N) is 1. The Morgan fingerprint density at radius 2 is 0.938 bits per heavy atom. The summed E-state index contributed by atoms with van der Waals surface area (Å²) in [4.78, 5) is 26.1. The summed E-state index contributed by atoms with van der Waals surface area (Å²) in [5, 5.41) is 23.8. The summed E-state index contributed by atoms with van der Waals surface area (Å²) in [5.41, 5.74) is 0. The van der Waals surface area contributed by atoms with E-state index in [0.717, 1.165) is 77.0 Å². The molecule has 0 radical (unpaired) electrons. The average molecular weight is 890 g/mol. The van der Waals surface area contributed by atoms with Crippen LogP contribution in [0.1, 0.15) is 233 Å². The van der Waals surface area contributed by atoms with E-state index >= 15 is 0 Å². The Morgan fingerprint density at radius 1 is 0.500 bits per heavy atom. The van der Waals surface area contributed by atoms with Crippen molar-refractivity contribution in [1.82, 2.24) is 5.32 Å². The summed E-state index contributed by atoms with van der Waals surface area (Å²) in [6, 6.07) is -0.745. The molecule has 0 aromatic rings. The Kier molecular flexibility index (Phi) is 48.2. The van der Waals surface area contributed by atoms with Crippen LogP contribution in [0.4, 0.5) is 0 Å². The van der Waals surface area contributed by atoms with Gasteiger partial charge in [-0.2, -0.15) is 0 Å². The number of hydrogen-bond donors (Lipinski definition) is 3. The van der Waals surface area contributed by atoms with E-state index in [9.17, 15) is 19.8 Å². The van der Waals surface area contributed by atoms with E-state index in [1.807, 2.05) is 42.5 Å². The molecule has 0 bridgehead atoms. The number of ether oxygens (including phenoxy) is 1. The Balaban J connectivity index is 4.72. The fourth-order valence-electron chi connectivity index (χ4n) is 7.48. The molecule has 0 spiro atoms. The van der Waals surface area contributed by atoms with Crippen molar-refractivity contribution in [3.8, 4) is 0 Å². The number of aliphatic hydroxyl groups excluding tert-OH is 2. The molecule has 3 atom stereocenters. The van der Waals surface area contributed by atoms with E-state index in [0.29, 0.717) is 19.3 Å². The second-order valence-electron chi connectivity index (χ2n) is 17.6. The predicted octanol–water partition coefficient (Wildman–Crippen LogP) is 16.1. The SMILES string of the molecule is CC/C=C/C=C/C=C\C=C/CCCCCC(=O)OC(C/C=C\C/C=C\C/C=C\C/C=C\CCCCC)CC(=O)NC(CO)C(O)CCCCCCCCCCCCCCCCCCC. The topological polar surface area (TPSA) is 95.9 Å². The standard InChI is InChI=1S/C58H99NO5/c1-4-7-10-13-16-19-22-25-27-28-30-33-35-38-41-44-47-50-56(61)55(53-60)59-57(62)52-54(49-46-43-40-37-34-32-29-26-23-20-17-14-11-8-5-2)64-58(63)51-48-45-42-39-36-31-24-21-18-15-12-9-6-3/h9,12,15,17-18,20-21,24,26,29,31,34,36-37,43,46,54-56,60-61H,4-8,10-11,13-14,16,19,22-23,25,27-28,30,32-33,35,38-42,44-45,47-53H2,1-3H3,(H,59,62)/b12-9+,18-15+,20-17-,24-21-,29-26-,36-31-,37-34-,46-43-. The van der Waals surface area contributed by atoms with Gasteiger partial charge >= 0.3 is 5.97 Å². The molecule has 0 rings (SSSR count). The maximum absolute atomic E-state index is 13.2. The van der Waals surface area contributed by atoms with Gasteiger partial charge in [0, 0.05) is 12.8 Å². The molecule has 0 aliphatic heterocycles. The van der Waals surface area contributed by atoms with Crippen LogP contribution in [0.25, 0.3) is 0 Å². The molecule has 0 fully saturated rings. The van der Waals surface area contributed by atoms with Gasteiger partial charge in [-0.25, -0.2) is 0 Å². The minimum atomic E-state index is -0.824. The Labute approximate surface area is 395 Å². The van der Waals surface area contributed by atoms with Crippen LogP contribution in [-0.2, 0) is 14.3 Å². The number of unbranched alkanes of at least 4 members (excludes halogenated alkanes) is 22. The van der Waals surface area contributed by atoms with E-state index < -0.39 is 18.2 Å². The summed E-state index contributed by atoms with van der Waals surface area (Å²) in [6.07, 6.45) is 67.7. The van der Waals surface area contributed by atoms with Crippen LogP contribution >= 0.6 is 0 Å². The van der Waals surface area contributed by atoms with Crippen molar-refractivity contribution in [2.24, 2.45) is 0 Å². The molecule has 0 aromatic heterocycles. The average Bonchev–Trinajstić information content (AvgIpc) is 3.29. The second-order valence-corrected chi connectivity index (χ2v) is 17.6. The molecule has 0 aliphatic rings. The molecule has 1 amide bonds. The first-order chi connectivity index (χ1) is 31.5. The van der Waals surface area contributed by atoms with E-state index in [1.54, 1.807) is 0 Å². The lowest BCUT2D eigenvalue weighted by Gasteiger charge is -2.24. The maximum atomic E-state index is 13.2. The molecule has 3 N–H and O–H groups in total. The van der Waals surface area contributed by atoms with Gasteiger partial charge in [0.1, 0.15) is 6.10 Å². The number of amides is 1. The molecule has 64 heavy (non-hydrogen) atoms. The van der Waals surface area contributed by atoms with Crippen LogP contribution in [0.5, 0.6) is 0 Å². The predicted molar refractivity (Wildman–Crippen MR) is 277 cm³/mol. The van der Waals surface area contributed by atoms with Crippen LogP contribution in [0, 0.1) is 0 Å². The van der Waals surface area contributed by atoms with Gasteiger partial charge in [-0.1, -0.05) is 246 Å². The zero-order valence-corrected chi connectivity index (χ0v) is 41.6. The van der Waals surface area contributed by atoms with Crippen LogP contribution in [0.2, 0.25) is 0 Å². The fraction of sp³-hybridized carbons (Fsp3) is 0.690. The molecule has 366 valence electrons. The number of rotatable bonds is 46. The normalized spacial score (nSPS) is 14.0. The molecule has 6 heteroatoms. The highest BCUT2D eigenvalue weighted by Crippen LogP contribution is 2.16. The third-order valence-electron chi connectivity index (χ3n) is 11.5. The van der Waals surface area contributed by atoms with Crippen molar-refractivity contribution >= 4 is 11.9 Å². The number of hydrogen-bond acceptors (Lipinski definition) is 5. The smallest absolute Gasteiger partial charge is 0.306 e. The summed E-state index contributed by atoms with van der Waals surface area (Å²) in [6.45, 7) is 6.28. The van der Waals surface area contributed by atoms with Crippen molar-refractivity contribution in [3.05, 3.63) is 97.2 Å². The van der Waals surface area contributed by atoms with Crippen molar-refractivity contribution in [3.63, 3.8) is 0 Å². The zero-order chi connectivity index (χ0) is 46.7. The van der Waals surface area contributed by atoms with Gasteiger partial charge in [-0.3, -0.25) is 9.59 Å². The van der Waals surface area contributed by atoms with E-state index in [4.69, 9.17) is 4.74 Å². The van der Waals surface area contributed by atoms with Gasteiger partial charge in [-0.05, 0) is 64.2 Å². The minimum Gasteiger partial charge on any atom is -0.461 e.